The minimum absolute atomic E-state index is 0.193. The zero-order valence-corrected chi connectivity index (χ0v) is 12.8. The van der Waals surface area contributed by atoms with Crippen molar-refractivity contribution in [3.05, 3.63) is 58.0 Å². The second-order valence-electron chi connectivity index (χ2n) is 4.52. The maximum absolute atomic E-state index is 11.0. The van der Waals surface area contributed by atoms with Gasteiger partial charge in [0.15, 0.2) is 5.76 Å². The molecule has 0 radical (unpaired) electrons. The Kier molecular flexibility index (Phi) is 4.98. The fourth-order valence-corrected chi connectivity index (χ4v) is 2.29. The van der Waals surface area contributed by atoms with Gasteiger partial charge in [-0.25, -0.2) is 0 Å². The van der Waals surface area contributed by atoms with Crippen LogP contribution >= 0.6 is 15.9 Å². The molecule has 0 saturated heterocycles. The number of nitrogens with one attached hydrogen (secondary N) is 1. The Labute approximate surface area is 126 Å². The zero-order valence-electron chi connectivity index (χ0n) is 11.2. The van der Waals surface area contributed by atoms with Crippen LogP contribution in [0.1, 0.15) is 41.3 Å². The first-order chi connectivity index (χ1) is 9.60. The molecule has 4 nitrogen and oxygen atoms in total. The van der Waals surface area contributed by atoms with Crippen molar-refractivity contribution in [3.63, 3.8) is 0 Å². The van der Waals surface area contributed by atoms with E-state index in [1.54, 1.807) is 12.1 Å². The number of hydrogen-bond acceptors (Lipinski definition) is 3. The van der Waals surface area contributed by atoms with Crippen molar-refractivity contribution in [1.29, 1.82) is 0 Å². The van der Waals surface area contributed by atoms with Crippen LogP contribution in [-0.2, 0) is 6.54 Å². The number of carbonyl (C=O) groups excluding carboxylic acids is 1. The SMILES string of the molecule is CC[C@@H](NCc1ccc(C(N)=O)o1)c1ccc(Br)cc1. The number of nitrogens with two attached hydrogens (primary N) is 1. The van der Waals surface area contributed by atoms with Gasteiger partial charge in [0.25, 0.3) is 5.91 Å². The Balaban J connectivity index is 1.99. The van der Waals surface area contributed by atoms with E-state index in [1.807, 2.05) is 12.1 Å². The van der Waals surface area contributed by atoms with Gasteiger partial charge in [0.2, 0.25) is 0 Å². The summed E-state index contributed by atoms with van der Waals surface area (Å²) in [5, 5.41) is 3.41. The first kappa shape index (κ1) is 14.8. The summed E-state index contributed by atoms with van der Waals surface area (Å²) in [6.07, 6.45) is 0.963. The number of primary amides is 1. The van der Waals surface area contributed by atoms with E-state index in [4.69, 9.17) is 10.2 Å². The Hall–Kier alpha value is -1.59. The lowest BCUT2D eigenvalue weighted by Crippen LogP contribution is -2.20. The third-order valence-corrected chi connectivity index (χ3v) is 3.64. The van der Waals surface area contributed by atoms with Crippen LogP contribution in [0.3, 0.4) is 0 Å². The summed E-state index contributed by atoms with van der Waals surface area (Å²) in [5.41, 5.74) is 6.38. The third kappa shape index (κ3) is 3.71. The zero-order chi connectivity index (χ0) is 14.5. The highest BCUT2D eigenvalue weighted by atomic mass is 79.9. The lowest BCUT2D eigenvalue weighted by molar-refractivity contribution is 0.0972. The number of furan rings is 1. The molecule has 3 N–H and O–H groups in total. The van der Waals surface area contributed by atoms with Gasteiger partial charge in [-0.05, 0) is 36.2 Å². The highest BCUT2D eigenvalue weighted by Gasteiger charge is 2.11. The monoisotopic (exact) mass is 336 g/mol. The van der Waals surface area contributed by atoms with Gasteiger partial charge < -0.3 is 15.5 Å². The van der Waals surface area contributed by atoms with Gasteiger partial charge in [-0.15, -0.1) is 0 Å². The summed E-state index contributed by atoms with van der Waals surface area (Å²) < 4.78 is 6.41. The lowest BCUT2D eigenvalue weighted by atomic mass is 10.0. The van der Waals surface area contributed by atoms with E-state index in [0.717, 1.165) is 10.9 Å². The number of halogens is 1. The Morgan fingerprint density at radius 3 is 2.55 bits per heavy atom. The standard InChI is InChI=1S/C15H17BrN2O2/c1-2-13(10-3-5-11(16)6-4-10)18-9-12-7-8-14(20-12)15(17)19/h3-8,13,18H,2,9H2,1H3,(H2,17,19)/t13-/m1/s1. The molecule has 2 rings (SSSR count). The molecule has 20 heavy (non-hydrogen) atoms. The van der Waals surface area contributed by atoms with E-state index in [9.17, 15) is 4.79 Å². The summed E-state index contributed by atoms with van der Waals surface area (Å²) in [5.74, 6) is 0.351. The fourth-order valence-electron chi connectivity index (χ4n) is 2.02. The molecular formula is C15H17BrN2O2. The second-order valence-corrected chi connectivity index (χ2v) is 5.44. The maximum atomic E-state index is 11.0. The van der Waals surface area contributed by atoms with Crippen molar-refractivity contribution < 1.29 is 9.21 Å². The minimum atomic E-state index is -0.545. The summed E-state index contributed by atoms with van der Waals surface area (Å²) in [6.45, 7) is 2.68. The molecule has 0 fully saturated rings. The van der Waals surface area contributed by atoms with Gasteiger partial charge in [-0.1, -0.05) is 35.0 Å². The molecule has 0 unspecified atom stereocenters. The third-order valence-electron chi connectivity index (χ3n) is 3.11. The van der Waals surface area contributed by atoms with Crippen LogP contribution in [0.15, 0.2) is 45.3 Å². The molecule has 1 aromatic heterocycles. The number of hydrogen-bond donors (Lipinski definition) is 2. The summed E-state index contributed by atoms with van der Waals surface area (Å²) in [6, 6.07) is 11.8. The van der Waals surface area contributed by atoms with Crippen LogP contribution < -0.4 is 11.1 Å². The van der Waals surface area contributed by atoms with Crippen molar-refractivity contribution >= 4 is 21.8 Å². The Morgan fingerprint density at radius 2 is 2.00 bits per heavy atom. The number of rotatable bonds is 6. The molecule has 0 aliphatic heterocycles. The van der Waals surface area contributed by atoms with Crippen LogP contribution in [0, 0.1) is 0 Å². The lowest BCUT2D eigenvalue weighted by Gasteiger charge is -2.16. The van der Waals surface area contributed by atoms with Gasteiger partial charge >= 0.3 is 0 Å². The van der Waals surface area contributed by atoms with Gasteiger partial charge in [-0.2, -0.15) is 0 Å². The van der Waals surface area contributed by atoms with Crippen molar-refractivity contribution in [3.8, 4) is 0 Å². The number of carbonyl (C=O) groups is 1. The molecule has 1 aromatic carbocycles. The summed E-state index contributed by atoms with van der Waals surface area (Å²) in [7, 11) is 0. The quantitative estimate of drug-likeness (QED) is 0.849. The van der Waals surface area contributed by atoms with Gasteiger partial charge in [0.05, 0.1) is 6.54 Å². The molecule has 0 aliphatic rings. The van der Waals surface area contributed by atoms with E-state index in [-0.39, 0.29) is 11.8 Å². The van der Waals surface area contributed by atoms with Crippen molar-refractivity contribution in [2.24, 2.45) is 5.73 Å². The summed E-state index contributed by atoms with van der Waals surface area (Å²) >= 11 is 3.43. The molecule has 1 amide bonds. The van der Waals surface area contributed by atoms with E-state index in [2.05, 4.69) is 40.3 Å². The minimum Gasteiger partial charge on any atom is -0.455 e. The molecule has 1 atom stereocenters. The Bertz CT molecular complexity index is 578. The fraction of sp³-hybridized carbons (Fsp3) is 0.267. The first-order valence-electron chi connectivity index (χ1n) is 6.47. The highest BCUT2D eigenvalue weighted by Crippen LogP contribution is 2.20. The van der Waals surface area contributed by atoms with Gasteiger partial charge in [0, 0.05) is 10.5 Å². The van der Waals surface area contributed by atoms with Gasteiger partial charge in [0.1, 0.15) is 5.76 Å². The van der Waals surface area contributed by atoms with E-state index < -0.39 is 5.91 Å². The van der Waals surface area contributed by atoms with Crippen LogP contribution in [0.2, 0.25) is 0 Å². The average molecular weight is 337 g/mol. The van der Waals surface area contributed by atoms with Gasteiger partial charge in [-0.3, -0.25) is 4.79 Å². The number of amides is 1. The van der Waals surface area contributed by atoms with Crippen molar-refractivity contribution in [2.75, 3.05) is 0 Å². The Morgan fingerprint density at radius 1 is 1.30 bits per heavy atom. The molecule has 106 valence electrons. The van der Waals surface area contributed by atoms with Crippen LogP contribution in [0.5, 0.6) is 0 Å². The molecular weight excluding hydrogens is 320 g/mol. The van der Waals surface area contributed by atoms with Crippen molar-refractivity contribution in [1.82, 2.24) is 5.32 Å². The largest absolute Gasteiger partial charge is 0.455 e. The molecule has 0 spiro atoms. The molecule has 2 aromatic rings. The first-order valence-corrected chi connectivity index (χ1v) is 7.26. The van der Waals surface area contributed by atoms with Crippen molar-refractivity contribution in [2.45, 2.75) is 25.9 Å². The molecule has 5 heteroatoms. The van der Waals surface area contributed by atoms with E-state index >= 15 is 0 Å². The second kappa shape index (κ2) is 6.72. The predicted octanol–water partition coefficient (Wildman–Crippen LogP) is 3.38. The normalized spacial score (nSPS) is 12.3. The average Bonchev–Trinajstić information content (AvgIpc) is 2.90. The van der Waals surface area contributed by atoms with Crippen LogP contribution in [0.4, 0.5) is 0 Å². The molecule has 0 bridgehead atoms. The topological polar surface area (TPSA) is 68.3 Å². The molecule has 1 heterocycles. The number of benzene rings is 1. The summed E-state index contributed by atoms with van der Waals surface area (Å²) in [4.78, 5) is 11.0. The smallest absolute Gasteiger partial charge is 0.284 e. The molecule has 0 saturated carbocycles. The maximum Gasteiger partial charge on any atom is 0.284 e. The highest BCUT2D eigenvalue weighted by molar-refractivity contribution is 9.10. The predicted molar refractivity (Wildman–Crippen MR) is 81.2 cm³/mol. The molecule has 0 aliphatic carbocycles. The van der Waals surface area contributed by atoms with E-state index in [1.165, 1.54) is 5.56 Å². The van der Waals surface area contributed by atoms with Crippen LogP contribution in [-0.4, -0.2) is 5.91 Å². The van der Waals surface area contributed by atoms with E-state index in [0.29, 0.717) is 12.3 Å². The van der Waals surface area contributed by atoms with Crippen LogP contribution in [0.25, 0.3) is 0 Å².